The molecule has 9 heteroatoms. The maximum atomic E-state index is 11.5. The van der Waals surface area contributed by atoms with Gasteiger partial charge in [-0.05, 0) is 54.5 Å². The van der Waals surface area contributed by atoms with Gasteiger partial charge >= 0.3 is 13.2 Å². The number of amides is 1. The van der Waals surface area contributed by atoms with Crippen LogP contribution >= 0.6 is 0 Å². The van der Waals surface area contributed by atoms with Crippen molar-refractivity contribution in [3.05, 3.63) is 18.2 Å². The van der Waals surface area contributed by atoms with Crippen LogP contribution in [0.25, 0.3) is 11.0 Å². The first-order valence-corrected chi connectivity index (χ1v) is 9.52. The standard InChI is InChI=1S/C19H29BN4O4/c1-17(2,3)23(16(25)26)11-12-24-21-14-10-8-9-13(15(14)22-24)20-27-18(4,5)19(6,7)28-20/h8-10H,11-12H2,1-7H3,(H,25,26). The van der Waals surface area contributed by atoms with E-state index in [2.05, 4.69) is 10.2 Å². The van der Waals surface area contributed by atoms with Crippen LogP contribution < -0.4 is 5.46 Å². The van der Waals surface area contributed by atoms with E-state index in [0.717, 1.165) is 11.0 Å². The number of nitrogens with zero attached hydrogens (tertiary/aromatic N) is 4. The molecule has 0 atom stereocenters. The monoisotopic (exact) mass is 388 g/mol. The van der Waals surface area contributed by atoms with Gasteiger partial charge in [0.05, 0.1) is 17.7 Å². The molecule has 1 aromatic heterocycles. The molecule has 28 heavy (non-hydrogen) atoms. The van der Waals surface area contributed by atoms with Gasteiger partial charge in [0.25, 0.3) is 0 Å². The Morgan fingerprint density at radius 3 is 2.32 bits per heavy atom. The van der Waals surface area contributed by atoms with Crippen molar-refractivity contribution in [3.63, 3.8) is 0 Å². The summed E-state index contributed by atoms with van der Waals surface area (Å²) >= 11 is 0. The predicted molar refractivity (Wildman–Crippen MR) is 108 cm³/mol. The molecule has 1 aromatic carbocycles. The average Bonchev–Trinajstić information content (AvgIpc) is 3.03. The van der Waals surface area contributed by atoms with E-state index in [-0.39, 0.29) is 0 Å². The van der Waals surface area contributed by atoms with Crippen LogP contribution in [0.2, 0.25) is 0 Å². The molecule has 0 aliphatic carbocycles. The second-order valence-electron chi connectivity index (χ2n) is 9.20. The van der Waals surface area contributed by atoms with Crippen LogP contribution in [0.4, 0.5) is 4.79 Å². The van der Waals surface area contributed by atoms with Crippen LogP contribution in [0.5, 0.6) is 0 Å². The predicted octanol–water partition coefficient (Wildman–Crippen LogP) is 2.51. The number of aromatic nitrogens is 3. The minimum absolute atomic E-state index is 0.297. The summed E-state index contributed by atoms with van der Waals surface area (Å²) in [6.45, 7) is 14.3. The fourth-order valence-corrected chi connectivity index (χ4v) is 3.17. The lowest BCUT2D eigenvalue weighted by Crippen LogP contribution is -2.46. The van der Waals surface area contributed by atoms with Crippen molar-refractivity contribution < 1.29 is 19.2 Å². The maximum absolute atomic E-state index is 11.5. The van der Waals surface area contributed by atoms with Crippen LogP contribution in [-0.4, -0.2) is 61.5 Å². The molecule has 1 saturated heterocycles. The van der Waals surface area contributed by atoms with Crippen molar-refractivity contribution in [2.45, 2.75) is 71.8 Å². The molecule has 8 nitrogen and oxygen atoms in total. The van der Waals surface area contributed by atoms with E-state index in [1.165, 1.54) is 4.90 Å². The Balaban J connectivity index is 1.86. The van der Waals surface area contributed by atoms with E-state index in [4.69, 9.17) is 9.31 Å². The van der Waals surface area contributed by atoms with Crippen molar-refractivity contribution in [2.24, 2.45) is 0 Å². The molecule has 2 aromatic rings. The second-order valence-corrected chi connectivity index (χ2v) is 9.20. The van der Waals surface area contributed by atoms with Crippen LogP contribution in [0, 0.1) is 0 Å². The lowest BCUT2D eigenvalue weighted by molar-refractivity contribution is 0.00578. The highest BCUT2D eigenvalue weighted by Crippen LogP contribution is 2.36. The third-order valence-electron chi connectivity index (χ3n) is 5.56. The summed E-state index contributed by atoms with van der Waals surface area (Å²) in [5, 5.41) is 18.6. The topological polar surface area (TPSA) is 89.7 Å². The number of carbonyl (C=O) groups is 1. The third kappa shape index (κ3) is 3.73. The Bertz CT molecular complexity index is 872. The van der Waals surface area contributed by atoms with E-state index >= 15 is 0 Å². The number of hydrogen-bond donors (Lipinski definition) is 1. The fourth-order valence-electron chi connectivity index (χ4n) is 3.17. The molecule has 1 N–H and O–H groups in total. The highest BCUT2D eigenvalue weighted by Gasteiger charge is 2.52. The first kappa shape index (κ1) is 20.6. The SMILES string of the molecule is CC(C)(C)N(CCn1nc2cccc(B3OC(C)(C)C(C)(C)O3)c2n1)C(=O)O. The Labute approximate surface area is 165 Å². The first-order chi connectivity index (χ1) is 12.8. The summed E-state index contributed by atoms with van der Waals surface area (Å²) in [6.07, 6.45) is -0.956. The number of carboxylic acid groups (broad SMARTS) is 1. The van der Waals surface area contributed by atoms with Gasteiger partial charge in [-0.15, -0.1) is 0 Å². The Morgan fingerprint density at radius 2 is 1.79 bits per heavy atom. The van der Waals surface area contributed by atoms with Crippen LogP contribution in [0.3, 0.4) is 0 Å². The van der Waals surface area contributed by atoms with E-state index in [9.17, 15) is 9.90 Å². The zero-order chi connectivity index (χ0) is 20.9. The zero-order valence-corrected chi connectivity index (χ0v) is 17.7. The van der Waals surface area contributed by atoms with Gasteiger partial charge in [0.1, 0.15) is 11.0 Å². The molecular formula is C19H29BN4O4. The largest absolute Gasteiger partial charge is 0.497 e. The van der Waals surface area contributed by atoms with Gasteiger partial charge in [-0.3, -0.25) is 0 Å². The minimum atomic E-state index is -0.956. The Morgan fingerprint density at radius 1 is 1.18 bits per heavy atom. The van der Waals surface area contributed by atoms with Crippen molar-refractivity contribution in [2.75, 3.05) is 6.54 Å². The van der Waals surface area contributed by atoms with E-state index in [1.807, 2.05) is 66.7 Å². The summed E-state index contributed by atoms with van der Waals surface area (Å²) in [6, 6.07) is 5.72. The maximum Gasteiger partial charge on any atom is 0.497 e. The van der Waals surface area contributed by atoms with Gasteiger partial charge in [-0.2, -0.15) is 15.0 Å². The van der Waals surface area contributed by atoms with Crippen LogP contribution in [0.15, 0.2) is 18.2 Å². The lowest BCUT2D eigenvalue weighted by Gasteiger charge is -2.32. The summed E-state index contributed by atoms with van der Waals surface area (Å²) in [5.41, 5.74) is 0.887. The highest BCUT2D eigenvalue weighted by atomic mass is 16.7. The van der Waals surface area contributed by atoms with Gasteiger partial charge in [0, 0.05) is 17.5 Å². The zero-order valence-electron chi connectivity index (χ0n) is 17.7. The van der Waals surface area contributed by atoms with Gasteiger partial charge in [-0.1, -0.05) is 12.1 Å². The summed E-state index contributed by atoms with van der Waals surface area (Å²) < 4.78 is 12.3. The fraction of sp³-hybridized carbons (Fsp3) is 0.632. The number of hydrogen-bond acceptors (Lipinski definition) is 5. The molecule has 0 radical (unpaired) electrons. The van der Waals surface area contributed by atoms with Gasteiger partial charge in [0.15, 0.2) is 0 Å². The van der Waals surface area contributed by atoms with Gasteiger partial charge in [0.2, 0.25) is 0 Å². The van der Waals surface area contributed by atoms with E-state index in [0.29, 0.717) is 18.6 Å². The smallest absolute Gasteiger partial charge is 0.465 e. The normalized spacial score (nSPS) is 18.6. The first-order valence-electron chi connectivity index (χ1n) is 9.52. The molecule has 3 rings (SSSR count). The minimum Gasteiger partial charge on any atom is -0.465 e. The van der Waals surface area contributed by atoms with Crippen LogP contribution in [0.1, 0.15) is 48.5 Å². The number of rotatable bonds is 4. The van der Waals surface area contributed by atoms with Crippen molar-refractivity contribution >= 4 is 29.7 Å². The summed E-state index contributed by atoms with van der Waals surface area (Å²) in [5.74, 6) is 0. The average molecular weight is 388 g/mol. The van der Waals surface area contributed by atoms with Crippen molar-refractivity contribution in [1.82, 2.24) is 19.9 Å². The van der Waals surface area contributed by atoms with Crippen molar-refractivity contribution in [1.29, 1.82) is 0 Å². The lowest BCUT2D eigenvalue weighted by atomic mass is 9.78. The quantitative estimate of drug-likeness (QED) is 0.810. The van der Waals surface area contributed by atoms with Crippen molar-refractivity contribution in [3.8, 4) is 0 Å². The molecule has 0 spiro atoms. The van der Waals surface area contributed by atoms with E-state index < -0.39 is 30.0 Å². The second kappa shape index (κ2) is 6.74. The number of fused-ring (bicyclic) bond motifs is 1. The van der Waals surface area contributed by atoms with Gasteiger partial charge < -0.3 is 19.3 Å². The molecule has 0 bridgehead atoms. The van der Waals surface area contributed by atoms with E-state index in [1.54, 1.807) is 4.80 Å². The molecule has 1 aliphatic rings. The Hall–Kier alpha value is -2.13. The molecule has 1 amide bonds. The van der Waals surface area contributed by atoms with Crippen LogP contribution in [-0.2, 0) is 15.9 Å². The van der Waals surface area contributed by atoms with Gasteiger partial charge in [-0.25, -0.2) is 4.79 Å². The molecule has 1 fully saturated rings. The molecule has 0 saturated carbocycles. The summed E-state index contributed by atoms with van der Waals surface area (Å²) in [4.78, 5) is 14.5. The molecule has 2 heterocycles. The third-order valence-corrected chi connectivity index (χ3v) is 5.56. The Kier molecular flexibility index (Phi) is 4.96. The molecule has 0 unspecified atom stereocenters. The molecule has 152 valence electrons. The molecule has 1 aliphatic heterocycles. The summed E-state index contributed by atoms with van der Waals surface area (Å²) in [7, 11) is -0.524. The highest BCUT2D eigenvalue weighted by molar-refractivity contribution is 6.64. The molecular weight excluding hydrogens is 359 g/mol. The number of benzene rings is 1.